The number of carbonyl (C=O) groups is 3. The van der Waals surface area contributed by atoms with E-state index >= 15 is 0 Å². The van der Waals surface area contributed by atoms with E-state index in [0.29, 0.717) is 34.9 Å². The molecule has 0 aliphatic carbocycles. The van der Waals surface area contributed by atoms with Crippen LogP contribution in [-0.4, -0.2) is 37.4 Å². The standard InChI is InChI=1S/C22H24N2O5/c1-4-6-19(25)15-9-10-20-18(11-15)24(22(27)14(2)29-20)13-21(26)23-16-7-5-8-17(12-16)28-3/h5,7-12,14H,4,6,13H2,1-3H3,(H,23,26). The topological polar surface area (TPSA) is 84.9 Å². The molecule has 0 saturated heterocycles. The summed E-state index contributed by atoms with van der Waals surface area (Å²) in [5, 5.41) is 2.77. The van der Waals surface area contributed by atoms with Crippen LogP contribution in [0.25, 0.3) is 0 Å². The third-order valence-electron chi connectivity index (χ3n) is 4.62. The van der Waals surface area contributed by atoms with Crippen LogP contribution in [-0.2, 0) is 9.59 Å². The van der Waals surface area contributed by atoms with Crippen LogP contribution in [0.2, 0.25) is 0 Å². The normalized spacial score (nSPS) is 15.3. The van der Waals surface area contributed by atoms with Gasteiger partial charge in [0, 0.05) is 23.7 Å². The van der Waals surface area contributed by atoms with Gasteiger partial charge in [0.15, 0.2) is 11.9 Å². The van der Waals surface area contributed by atoms with Gasteiger partial charge in [-0.1, -0.05) is 13.0 Å². The van der Waals surface area contributed by atoms with Crippen LogP contribution in [0.1, 0.15) is 37.0 Å². The van der Waals surface area contributed by atoms with Crippen molar-refractivity contribution >= 4 is 29.0 Å². The zero-order valence-electron chi connectivity index (χ0n) is 16.7. The number of nitrogens with zero attached hydrogens (tertiary/aromatic N) is 1. The van der Waals surface area contributed by atoms with Crippen LogP contribution >= 0.6 is 0 Å². The number of hydrogen-bond donors (Lipinski definition) is 1. The SMILES string of the molecule is CCCC(=O)c1ccc2c(c1)N(CC(=O)Nc1cccc(OC)c1)C(=O)C(C)O2. The average molecular weight is 396 g/mol. The number of benzene rings is 2. The Morgan fingerprint density at radius 3 is 2.72 bits per heavy atom. The van der Waals surface area contributed by atoms with Gasteiger partial charge >= 0.3 is 0 Å². The van der Waals surface area contributed by atoms with Crippen molar-refractivity contribution in [1.82, 2.24) is 0 Å². The molecule has 1 unspecified atom stereocenters. The second kappa shape index (κ2) is 8.77. The lowest BCUT2D eigenvalue weighted by molar-refractivity contribution is -0.127. The summed E-state index contributed by atoms with van der Waals surface area (Å²) in [6, 6.07) is 11.9. The maximum atomic E-state index is 12.7. The Bertz CT molecular complexity index is 941. The lowest BCUT2D eigenvalue weighted by Crippen LogP contribution is -2.47. The molecule has 1 aliphatic rings. The first-order valence-electron chi connectivity index (χ1n) is 9.52. The lowest BCUT2D eigenvalue weighted by atomic mass is 10.0. The number of carbonyl (C=O) groups excluding carboxylic acids is 3. The summed E-state index contributed by atoms with van der Waals surface area (Å²) in [4.78, 5) is 38.9. The Labute approximate surface area is 169 Å². The van der Waals surface area contributed by atoms with Crippen LogP contribution < -0.4 is 19.7 Å². The van der Waals surface area contributed by atoms with Gasteiger partial charge in [-0.05, 0) is 43.7 Å². The number of fused-ring (bicyclic) bond motifs is 1. The van der Waals surface area contributed by atoms with Crippen LogP contribution in [0.5, 0.6) is 11.5 Å². The highest BCUT2D eigenvalue weighted by molar-refractivity contribution is 6.07. The molecule has 2 amide bonds. The molecule has 7 nitrogen and oxygen atoms in total. The van der Waals surface area contributed by atoms with Crippen LogP contribution in [0.15, 0.2) is 42.5 Å². The molecule has 0 bridgehead atoms. The van der Waals surface area contributed by atoms with Gasteiger partial charge in [0.1, 0.15) is 18.0 Å². The van der Waals surface area contributed by atoms with Crippen LogP contribution in [0, 0.1) is 0 Å². The van der Waals surface area contributed by atoms with E-state index in [4.69, 9.17) is 9.47 Å². The Morgan fingerprint density at radius 2 is 2.00 bits per heavy atom. The van der Waals surface area contributed by atoms with Crippen molar-refractivity contribution in [2.24, 2.45) is 0 Å². The Kier molecular flexibility index (Phi) is 6.16. The third kappa shape index (κ3) is 4.56. The molecule has 2 aromatic rings. The second-order valence-corrected chi connectivity index (χ2v) is 6.82. The fourth-order valence-corrected chi connectivity index (χ4v) is 3.16. The number of anilines is 2. The zero-order valence-corrected chi connectivity index (χ0v) is 16.7. The molecule has 0 spiro atoms. The Morgan fingerprint density at radius 1 is 1.21 bits per heavy atom. The van der Waals surface area contributed by atoms with Crippen molar-refractivity contribution < 1.29 is 23.9 Å². The third-order valence-corrected chi connectivity index (χ3v) is 4.62. The largest absolute Gasteiger partial charge is 0.497 e. The van der Waals surface area contributed by atoms with Crippen LogP contribution in [0.4, 0.5) is 11.4 Å². The molecular formula is C22H24N2O5. The van der Waals surface area contributed by atoms with Gasteiger partial charge in [-0.2, -0.15) is 0 Å². The van der Waals surface area contributed by atoms with Crippen molar-refractivity contribution in [3.63, 3.8) is 0 Å². The monoisotopic (exact) mass is 396 g/mol. The van der Waals surface area contributed by atoms with Gasteiger partial charge in [-0.15, -0.1) is 0 Å². The van der Waals surface area contributed by atoms with Crippen molar-refractivity contribution in [1.29, 1.82) is 0 Å². The summed E-state index contributed by atoms with van der Waals surface area (Å²) in [5.41, 5.74) is 1.49. The van der Waals surface area contributed by atoms with Gasteiger partial charge in [0.2, 0.25) is 5.91 Å². The van der Waals surface area contributed by atoms with Gasteiger partial charge in [0.25, 0.3) is 5.91 Å². The van der Waals surface area contributed by atoms with Gasteiger partial charge < -0.3 is 14.8 Å². The number of Topliss-reactive ketones (excluding diaryl/α,β-unsaturated/α-hetero) is 1. The molecule has 1 atom stereocenters. The molecule has 2 aromatic carbocycles. The van der Waals surface area contributed by atoms with E-state index in [0.717, 1.165) is 6.42 Å². The van der Waals surface area contributed by atoms with Crippen molar-refractivity contribution in [2.75, 3.05) is 23.9 Å². The first-order valence-corrected chi connectivity index (χ1v) is 9.52. The van der Waals surface area contributed by atoms with E-state index in [1.54, 1.807) is 56.5 Å². The number of ether oxygens (including phenoxy) is 2. The van der Waals surface area contributed by atoms with Gasteiger partial charge in [0.05, 0.1) is 12.8 Å². The number of nitrogens with one attached hydrogen (secondary N) is 1. The van der Waals surface area contributed by atoms with E-state index in [1.165, 1.54) is 4.90 Å². The number of rotatable bonds is 7. The van der Waals surface area contributed by atoms with Crippen molar-refractivity contribution in [3.05, 3.63) is 48.0 Å². The highest BCUT2D eigenvalue weighted by Gasteiger charge is 2.33. The molecule has 1 N–H and O–H groups in total. The minimum atomic E-state index is -0.718. The molecule has 152 valence electrons. The summed E-state index contributed by atoms with van der Waals surface area (Å²) < 4.78 is 10.8. The molecule has 0 aromatic heterocycles. The molecule has 1 heterocycles. The predicted octanol–water partition coefficient (Wildman–Crippen LogP) is 3.43. The summed E-state index contributed by atoms with van der Waals surface area (Å²) in [6.45, 7) is 3.37. The molecule has 7 heteroatoms. The molecule has 0 fully saturated rings. The van der Waals surface area contributed by atoms with E-state index in [9.17, 15) is 14.4 Å². The van der Waals surface area contributed by atoms with Crippen molar-refractivity contribution in [3.8, 4) is 11.5 Å². The predicted molar refractivity (Wildman–Crippen MR) is 110 cm³/mol. The molecule has 3 rings (SSSR count). The number of amides is 2. The lowest BCUT2D eigenvalue weighted by Gasteiger charge is -2.32. The molecule has 0 radical (unpaired) electrons. The number of methoxy groups -OCH3 is 1. The minimum Gasteiger partial charge on any atom is -0.497 e. The van der Waals surface area contributed by atoms with E-state index in [1.807, 2.05) is 6.92 Å². The second-order valence-electron chi connectivity index (χ2n) is 6.82. The molecule has 1 aliphatic heterocycles. The quantitative estimate of drug-likeness (QED) is 0.725. The van der Waals surface area contributed by atoms with E-state index < -0.39 is 6.10 Å². The fraction of sp³-hybridized carbons (Fsp3) is 0.318. The summed E-state index contributed by atoms with van der Waals surface area (Å²) >= 11 is 0. The maximum absolute atomic E-state index is 12.7. The summed E-state index contributed by atoms with van der Waals surface area (Å²) in [6.07, 6.45) is 0.430. The van der Waals surface area contributed by atoms with E-state index in [2.05, 4.69) is 5.32 Å². The Hall–Kier alpha value is -3.35. The summed E-state index contributed by atoms with van der Waals surface area (Å²) in [5.74, 6) is 0.375. The van der Waals surface area contributed by atoms with Crippen molar-refractivity contribution in [2.45, 2.75) is 32.8 Å². The first-order chi connectivity index (χ1) is 13.9. The molecule has 29 heavy (non-hydrogen) atoms. The first kappa shape index (κ1) is 20.4. The maximum Gasteiger partial charge on any atom is 0.268 e. The Balaban J connectivity index is 1.84. The average Bonchev–Trinajstić information content (AvgIpc) is 2.71. The molecule has 0 saturated carbocycles. The minimum absolute atomic E-state index is 0.0119. The summed E-state index contributed by atoms with van der Waals surface area (Å²) in [7, 11) is 1.54. The molecular weight excluding hydrogens is 372 g/mol. The number of hydrogen-bond acceptors (Lipinski definition) is 5. The van der Waals surface area contributed by atoms with Gasteiger partial charge in [-0.25, -0.2) is 0 Å². The zero-order chi connectivity index (χ0) is 21.0. The number of ketones is 1. The van der Waals surface area contributed by atoms with Crippen LogP contribution in [0.3, 0.4) is 0 Å². The van der Waals surface area contributed by atoms with Gasteiger partial charge in [-0.3, -0.25) is 19.3 Å². The smallest absolute Gasteiger partial charge is 0.268 e. The highest BCUT2D eigenvalue weighted by atomic mass is 16.5. The fourth-order valence-electron chi connectivity index (χ4n) is 3.16. The van der Waals surface area contributed by atoms with E-state index in [-0.39, 0.29) is 24.1 Å². The highest BCUT2D eigenvalue weighted by Crippen LogP contribution is 2.35.